The molecule has 0 unspecified atom stereocenters. The van der Waals surface area contributed by atoms with Gasteiger partial charge in [0.05, 0.1) is 11.1 Å². The van der Waals surface area contributed by atoms with Crippen LogP contribution >= 0.6 is 28.1 Å². The molecular formula is C13H17BrFNOS. The van der Waals surface area contributed by atoms with Crippen LogP contribution in [-0.4, -0.2) is 11.6 Å². The van der Waals surface area contributed by atoms with Crippen molar-refractivity contribution in [1.82, 2.24) is 0 Å². The van der Waals surface area contributed by atoms with Gasteiger partial charge in [-0.05, 0) is 46.8 Å². The van der Waals surface area contributed by atoms with Crippen molar-refractivity contribution in [2.45, 2.75) is 26.7 Å². The van der Waals surface area contributed by atoms with E-state index < -0.39 is 5.82 Å². The summed E-state index contributed by atoms with van der Waals surface area (Å²) in [5, 5.41) is 0. The van der Waals surface area contributed by atoms with Gasteiger partial charge in [0.25, 0.3) is 0 Å². The summed E-state index contributed by atoms with van der Waals surface area (Å²) in [4.78, 5) is 0.159. The number of thiocarbonyl (C=S) groups is 1. The van der Waals surface area contributed by atoms with Crippen molar-refractivity contribution in [3.05, 3.63) is 28.0 Å². The fourth-order valence-electron chi connectivity index (χ4n) is 1.51. The minimum Gasteiger partial charge on any atom is -0.490 e. The summed E-state index contributed by atoms with van der Waals surface area (Å²) in [6.45, 7) is 4.80. The molecule has 0 aliphatic carbocycles. The van der Waals surface area contributed by atoms with Crippen LogP contribution in [0.3, 0.4) is 0 Å². The first-order valence-corrected chi connectivity index (χ1v) is 7.04. The van der Waals surface area contributed by atoms with E-state index in [9.17, 15) is 4.39 Å². The third-order valence-electron chi connectivity index (χ3n) is 2.50. The highest BCUT2D eigenvalue weighted by Gasteiger charge is 2.13. The molecule has 0 atom stereocenters. The molecule has 2 nitrogen and oxygen atoms in total. The Morgan fingerprint density at radius 1 is 1.50 bits per heavy atom. The van der Waals surface area contributed by atoms with E-state index in [0.717, 1.165) is 12.8 Å². The van der Waals surface area contributed by atoms with E-state index in [1.165, 1.54) is 0 Å². The van der Waals surface area contributed by atoms with Crippen molar-refractivity contribution in [1.29, 1.82) is 0 Å². The second-order valence-electron chi connectivity index (χ2n) is 4.49. The molecule has 1 aromatic rings. The topological polar surface area (TPSA) is 35.2 Å². The number of hydrogen-bond donors (Lipinski definition) is 1. The first-order valence-electron chi connectivity index (χ1n) is 5.84. The maximum atomic E-state index is 13.9. The van der Waals surface area contributed by atoms with Gasteiger partial charge in [0.2, 0.25) is 0 Å². The third-order valence-corrected chi connectivity index (χ3v) is 3.49. The largest absolute Gasteiger partial charge is 0.490 e. The maximum absolute atomic E-state index is 13.9. The normalized spacial score (nSPS) is 10.7. The lowest BCUT2D eigenvalue weighted by atomic mass is 10.1. The zero-order valence-electron chi connectivity index (χ0n) is 10.5. The minimum absolute atomic E-state index is 0.159. The molecule has 0 bridgehead atoms. The van der Waals surface area contributed by atoms with Crippen molar-refractivity contribution < 1.29 is 9.13 Å². The summed E-state index contributed by atoms with van der Waals surface area (Å²) in [5.41, 5.74) is 5.97. The second-order valence-corrected chi connectivity index (χ2v) is 5.72. The first kappa shape index (κ1) is 15.4. The van der Waals surface area contributed by atoms with Gasteiger partial charge in [-0.15, -0.1) is 0 Å². The molecule has 0 saturated heterocycles. The Morgan fingerprint density at radius 2 is 2.17 bits per heavy atom. The van der Waals surface area contributed by atoms with Crippen LogP contribution in [0.25, 0.3) is 0 Å². The van der Waals surface area contributed by atoms with Crippen LogP contribution in [0.5, 0.6) is 5.75 Å². The van der Waals surface area contributed by atoms with Crippen LogP contribution in [0.2, 0.25) is 0 Å². The molecule has 0 radical (unpaired) electrons. The van der Waals surface area contributed by atoms with Gasteiger partial charge >= 0.3 is 0 Å². The molecular weight excluding hydrogens is 317 g/mol. The van der Waals surface area contributed by atoms with E-state index in [-0.39, 0.29) is 15.2 Å². The lowest BCUT2D eigenvalue weighted by molar-refractivity contribution is 0.284. The molecule has 0 aliphatic heterocycles. The highest BCUT2D eigenvalue weighted by Crippen LogP contribution is 2.28. The van der Waals surface area contributed by atoms with E-state index in [0.29, 0.717) is 18.1 Å². The Bertz CT molecular complexity index is 437. The van der Waals surface area contributed by atoms with Gasteiger partial charge in [-0.25, -0.2) is 4.39 Å². The molecule has 0 aliphatic rings. The predicted molar refractivity (Wildman–Crippen MR) is 79.6 cm³/mol. The molecule has 0 aromatic heterocycles. The van der Waals surface area contributed by atoms with Crippen LogP contribution in [0.15, 0.2) is 16.6 Å². The Morgan fingerprint density at radius 3 is 2.72 bits per heavy atom. The number of hydrogen-bond acceptors (Lipinski definition) is 2. The van der Waals surface area contributed by atoms with Crippen LogP contribution in [-0.2, 0) is 0 Å². The average molecular weight is 334 g/mol. The van der Waals surface area contributed by atoms with E-state index in [2.05, 4.69) is 29.8 Å². The van der Waals surface area contributed by atoms with Crippen LogP contribution in [0.4, 0.5) is 4.39 Å². The summed E-state index contributed by atoms with van der Waals surface area (Å²) >= 11 is 7.97. The lowest BCUT2D eigenvalue weighted by Crippen LogP contribution is -2.11. The smallest absolute Gasteiger partial charge is 0.179 e. The monoisotopic (exact) mass is 333 g/mol. The molecule has 100 valence electrons. The molecule has 0 fully saturated rings. The zero-order valence-corrected chi connectivity index (χ0v) is 12.9. The van der Waals surface area contributed by atoms with Crippen LogP contribution in [0.1, 0.15) is 32.3 Å². The van der Waals surface area contributed by atoms with Crippen LogP contribution in [0, 0.1) is 11.7 Å². The highest BCUT2D eigenvalue weighted by atomic mass is 79.9. The predicted octanol–water partition coefficient (Wildman–Crippen LogP) is 4.04. The third kappa shape index (κ3) is 4.21. The summed E-state index contributed by atoms with van der Waals surface area (Å²) in [6, 6.07) is 3.22. The van der Waals surface area contributed by atoms with E-state index in [1.54, 1.807) is 12.1 Å². The van der Waals surface area contributed by atoms with Crippen molar-refractivity contribution in [2.75, 3.05) is 6.61 Å². The Kier molecular flexibility index (Phi) is 6.02. The Balaban J connectivity index is 2.68. The average Bonchev–Trinajstić information content (AvgIpc) is 2.29. The summed E-state index contributed by atoms with van der Waals surface area (Å²) < 4.78 is 19.6. The number of benzene rings is 1. The summed E-state index contributed by atoms with van der Waals surface area (Å²) in [5.74, 6) is 0.401. The SMILES string of the molecule is CC(C)CCCOc1ccc(C(N)=S)c(Br)c1F. The lowest BCUT2D eigenvalue weighted by Gasteiger charge is -2.11. The van der Waals surface area contributed by atoms with Gasteiger partial charge in [-0.2, -0.15) is 0 Å². The Labute approximate surface area is 121 Å². The standard InChI is InChI=1S/C13H17BrFNOS/c1-8(2)4-3-7-17-10-6-5-9(13(16)18)11(14)12(10)15/h5-6,8H,3-4,7H2,1-2H3,(H2,16,18). The second kappa shape index (κ2) is 7.04. The van der Waals surface area contributed by atoms with Gasteiger partial charge in [0, 0.05) is 5.56 Å². The number of rotatable bonds is 6. The van der Waals surface area contributed by atoms with Gasteiger partial charge in [0.1, 0.15) is 4.99 Å². The van der Waals surface area contributed by atoms with Crippen LogP contribution < -0.4 is 10.5 Å². The first-order chi connectivity index (χ1) is 8.43. The molecule has 18 heavy (non-hydrogen) atoms. The quantitative estimate of drug-likeness (QED) is 0.630. The van der Waals surface area contributed by atoms with Gasteiger partial charge in [-0.1, -0.05) is 26.1 Å². The highest BCUT2D eigenvalue weighted by molar-refractivity contribution is 9.10. The van der Waals surface area contributed by atoms with Crippen molar-refractivity contribution in [2.24, 2.45) is 11.7 Å². The van der Waals surface area contributed by atoms with Gasteiger partial charge < -0.3 is 10.5 Å². The van der Waals surface area contributed by atoms with Gasteiger partial charge in [0.15, 0.2) is 11.6 Å². The number of ether oxygens (including phenoxy) is 1. The fourth-order valence-corrected chi connectivity index (χ4v) is 2.35. The Hall–Kier alpha value is -0.680. The number of nitrogens with two attached hydrogens (primary N) is 1. The molecule has 0 spiro atoms. The minimum atomic E-state index is -0.454. The molecule has 0 saturated carbocycles. The molecule has 2 N–H and O–H groups in total. The molecule has 1 aromatic carbocycles. The molecule has 0 heterocycles. The van der Waals surface area contributed by atoms with E-state index in [4.69, 9.17) is 22.7 Å². The molecule has 1 rings (SSSR count). The summed E-state index contributed by atoms with van der Waals surface area (Å²) in [6.07, 6.45) is 1.97. The zero-order chi connectivity index (χ0) is 13.7. The van der Waals surface area contributed by atoms with Crippen molar-refractivity contribution in [3.63, 3.8) is 0 Å². The number of halogens is 2. The fraction of sp³-hybridized carbons (Fsp3) is 0.462. The van der Waals surface area contributed by atoms with E-state index in [1.807, 2.05) is 0 Å². The van der Waals surface area contributed by atoms with Crippen molar-refractivity contribution >= 4 is 33.1 Å². The molecule has 5 heteroatoms. The van der Waals surface area contributed by atoms with E-state index >= 15 is 0 Å². The summed E-state index contributed by atoms with van der Waals surface area (Å²) in [7, 11) is 0. The maximum Gasteiger partial charge on any atom is 0.179 e. The van der Waals surface area contributed by atoms with Gasteiger partial charge in [-0.3, -0.25) is 0 Å². The molecule has 0 amide bonds. The van der Waals surface area contributed by atoms with Crippen molar-refractivity contribution in [3.8, 4) is 5.75 Å².